The molecule has 2 amide bonds. The molecule has 1 aliphatic rings. The fourth-order valence-corrected chi connectivity index (χ4v) is 6.87. The largest absolute Gasteiger partial charge is 0.436 e. The molecule has 0 spiro atoms. The lowest BCUT2D eigenvalue weighted by Gasteiger charge is -2.26. The highest BCUT2D eigenvalue weighted by Gasteiger charge is 2.47. The number of sulfonamides is 1. The summed E-state index contributed by atoms with van der Waals surface area (Å²) in [6, 6.07) is 20.6. The number of rotatable bonds is 7. The predicted octanol–water partition coefficient (Wildman–Crippen LogP) is 5.22. The van der Waals surface area contributed by atoms with Gasteiger partial charge in [0, 0.05) is 17.0 Å². The second kappa shape index (κ2) is 9.84. The summed E-state index contributed by atoms with van der Waals surface area (Å²) >= 11 is 1.33. The van der Waals surface area contributed by atoms with E-state index in [0.29, 0.717) is 33.1 Å². The van der Waals surface area contributed by atoms with Gasteiger partial charge in [0.05, 0.1) is 17.0 Å². The molecule has 196 valence electrons. The van der Waals surface area contributed by atoms with Gasteiger partial charge >= 0.3 is 0 Å². The number of imide groups is 1. The van der Waals surface area contributed by atoms with Gasteiger partial charge in [-0.15, -0.1) is 11.3 Å². The summed E-state index contributed by atoms with van der Waals surface area (Å²) in [5.41, 5.74) is 2.31. The highest BCUT2D eigenvalue weighted by atomic mass is 32.2. The summed E-state index contributed by atoms with van der Waals surface area (Å²) in [7, 11) is -4.24. The lowest BCUT2D eigenvalue weighted by molar-refractivity contribution is -0.122. The Morgan fingerprint density at radius 2 is 1.72 bits per heavy atom. The fourth-order valence-electron chi connectivity index (χ4n) is 4.52. The molecular formula is C28H20FN3O5S2. The fraction of sp³-hybridized carbons (Fsp3) is 0.107. The molecule has 0 saturated carbocycles. The topological polar surface area (TPSA) is 101 Å². The molecule has 11 heteroatoms. The van der Waals surface area contributed by atoms with Crippen molar-refractivity contribution >= 4 is 50.0 Å². The minimum atomic E-state index is -4.24. The normalized spacial score (nSPS) is 16.1. The average Bonchev–Trinajstić information content (AvgIpc) is 3.67. The van der Waals surface area contributed by atoms with Crippen LogP contribution in [0.1, 0.15) is 11.3 Å². The molecule has 2 aromatic heterocycles. The van der Waals surface area contributed by atoms with Crippen molar-refractivity contribution in [3.8, 4) is 11.5 Å². The van der Waals surface area contributed by atoms with Crippen LogP contribution in [0.3, 0.4) is 0 Å². The van der Waals surface area contributed by atoms with Gasteiger partial charge in [-0.25, -0.2) is 22.7 Å². The van der Waals surface area contributed by atoms with Gasteiger partial charge < -0.3 is 4.42 Å². The van der Waals surface area contributed by atoms with Gasteiger partial charge in [0.2, 0.25) is 21.8 Å². The van der Waals surface area contributed by atoms with Crippen molar-refractivity contribution in [3.63, 3.8) is 0 Å². The number of benzene rings is 3. The number of hydrogen-bond acceptors (Lipinski definition) is 7. The first kappa shape index (κ1) is 25.1. The number of nitrogens with zero attached hydrogens (tertiary/aromatic N) is 3. The van der Waals surface area contributed by atoms with Crippen LogP contribution in [-0.2, 0) is 26.2 Å². The predicted molar refractivity (Wildman–Crippen MR) is 144 cm³/mol. The lowest BCUT2D eigenvalue weighted by Crippen LogP contribution is -2.44. The number of carbonyl (C=O) groups excluding carboxylic acids is 2. The minimum absolute atomic E-state index is 0.106. The molecule has 1 fully saturated rings. The highest BCUT2D eigenvalue weighted by Crippen LogP contribution is 2.33. The Morgan fingerprint density at radius 3 is 2.41 bits per heavy atom. The summed E-state index contributed by atoms with van der Waals surface area (Å²) in [6.45, 7) is -0.106. The van der Waals surface area contributed by atoms with Gasteiger partial charge in [-0.1, -0.05) is 18.2 Å². The maximum atomic E-state index is 13.6. The number of para-hydroxylation sites is 2. The Hall–Kier alpha value is -4.19. The zero-order valence-corrected chi connectivity index (χ0v) is 21.9. The van der Waals surface area contributed by atoms with Crippen molar-refractivity contribution in [3.05, 3.63) is 101 Å². The van der Waals surface area contributed by atoms with Crippen LogP contribution in [0.25, 0.3) is 22.6 Å². The second-order valence-electron chi connectivity index (χ2n) is 8.90. The number of amides is 2. The Bertz CT molecular complexity index is 1750. The SMILES string of the molecule is O=C1CC(N(Cc2cccs2)S(=O)(=O)c2ccc(F)cc2)C(=O)N1c1ccc(-c2nc3ccccc3o2)cc1. The first-order valence-electron chi connectivity index (χ1n) is 11.9. The van der Waals surface area contributed by atoms with Crippen molar-refractivity contribution < 1.29 is 26.8 Å². The van der Waals surface area contributed by atoms with Gasteiger partial charge in [-0.2, -0.15) is 4.31 Å². The van der Waals surface area contributed by atoms with Crippen LogP contribution in [-0.4, -0.2) is 35.6 Å². The van der Waals surface area contributed by atoms with Crippen LogP contribution >= 0.6 is 11.3 Å². The molecule has 1 saturated heterocycles. The maximum Gasteiger partial charge on any atom is 0.252 e. The maximum absolute atomic E-state index is 13.6. The van der Waals surface area contributed by atoms with E-state index in [9.17, 15) is 22.4 Å². The Kier molecular flexibility index (Phi) is 6.34. The van der Waals surface area contributed by atoms with E-state index in [0.717, 1.165) is 33.5 Å². The van der Waals surface area contributed by atoms with Crippen molar-refractivity contribution in [1.29, 1.82) is 0 Å². The van der Waals surface area contributed by atoms with Crippen LogP contribution in [0.5, 0.6) is 0 Å². The molecular weight excluding hydrogens is 541 g/mol. The van der Waals surface area contributed by atoms with Crippen LogP contribution in [0.2, 0.25) is 0 Å². The quantitative estimate of drug-likeness (QED) is 0.253. The van der Waals surface area contributed by atoms with Crippen molar-refractivity contribution in [2.75, 3.05) is 4.90 Å². The highest BCUT2D eigenvalue weighted by molar-refractivity contribution is 7.89. The molecule has 0 aliphatic carbocycles. The molecule has 5 aromatic rings. The van der Waals surface area contributed by atoms with Crippen LogP contribution in [0.4, 0.5) is 10.1 Å². The number of hydrogen-bond donors (Lipinski definition) is 0. The number of thiophene rings is 1. The van der Waals surface area contributed by atoms with E-state index >= 15 is 0 Å². The van der Waals surface area contributed by atoms with Gasteiger partial charge in [0.1, 0.15) is 17.4 Å². The third-order valence-electron chi connectivity index (χ3n) is 6.45. The lowest BCUT2D eigenvalue weighted by atomic mass is 10.2. The van der Waals surface area contributed by atoms with E-state index in [4.69, 9.17) is 4.42 Å². The van der Waals surface area contributed by atoms with Gasteiger partial charge in [-0.3, -0.25) is 9.59 Å². The molecule has 1 aliphatic heterocycles. The third kappa shape index (κ3) is 4.65. The molecule has 8 nitrogen and oxygen atoms in total. The first-order valence-corrected chi connectivity index (χ1v) is 14.3. The Morgan fingerprint density at radius 1 is 0.974 bits per heavy atom. The van der Waals surface area contributed by atoms with Crippen LogP contribution in [0, 0.1) is 5.82 Å². The summed E-state index contributed by atoms with van der Waals surface area (Å²) in [4.78, 5) is 32.7. The molecule has 3 aromatic carbocycles. The van der Waals surface area contributed by atoms with Crippen molar-refractivity contribution in [2.45, 2.75) is 23.9 Å². The van der Waals surface area contributed by atoms with Crippen molar-refractivity contribution in [2.24, 2.45) is 0 Å². The molecule has 0 N–H and O–H groups in total. The number of aromatic nitrogens is 1. The molecule has 6 rings (SSSR count). The van der Waals surface area contributed by atoms with E-state index in [-0.39, 0.29) is 17.9 Å². The number of oxazole rings is 1. The molecule has 0 bridgehead atoms. The number of halogens is 1. The molecule has 39 heavy (non-hydrogen) atoms. The van der Waals surface area contributed by atoms with Gasteiger partial charge in [-0.05, 0) is 72.1 Å². The Balaban J connectivity index is 1.31. The molecule has 3 heterocycles. The standard InChI is InChI=1S/C28H20FN3O5S2/c29-19-9-13-22(14-10-19)39(35,36)31(17-21-4-3-15-38-21)24-16-26(33)32(28(24)34)20-11-7-18(8-12-20)27-30-23-5-1-2-6-25(23)37-27/h1-15,24H,16-17H2. The van der Waals surface area contributed by atoms with E-state index < -0.39 is 33.7 Å². The second-order valence-corrected chi connectivity index (χ2v) is 11.8. The smallest absolute Gasteiger partial charge is 0.252 e. The zero-order valence-electron chi connectivity index (χ0n) is 20.2. The number of anilines is 1. The van der Waals surface area contributed by atoms with Crippen LogP contribution in [0.15, 0.2) is 99.6 Å². The summed E-state index contributed by atoms with van der Waals surface area (Å²) in [5.74, 6) is -1.37. The molecule has 0 radical (unpaired) electrons. The molecule has 1 atom stereocenters. The van der Waals surface area contributed by atoms with Crippen molar-refractivity contribution in [1.82, 2.24) is 9.29 Å². The summed E-state index contributed by atoms with van der Waals surface area (Å²) < 4.78 is 47.6. The zero-order chi connectivity index (χ0) is 27.1. The molecule has 1 unspecified atom stereocenters. The van der Waals surface area contributed by atoms with E-state index in [1.807, 2.05) is 24.3 Å². The Labute approximate surface area is 227 Å². The summed E-state index contributed by atoms with van der Waals surface area (Å²) in [5, 5.41) is 1.80. The first-order chi connectivity index (χ1) is 18.8. The van der Waals surface area contributed by atoms with Gasteiger partial charge in [0.15, 0.2) is 5.58 Å². The third-order valence-corrected chi connectivity index (χ3v) is 9.18. The monoisotopic (exact) mass is 561 g/mol. The number of carbonyl (C=O) groups is 2. The number of fused-ring (bicyclic) bond motifs is 1. The minimum Gasteiger partial charge on any atom is -0.436 e. The van der Waals surface area contributed by atoms with E-state index in [1.54, 1.807) is 41.8 Å². The van der Waals surface area contributed by atoms with Gasteiger partial charge in [0.25, 0.3) is 5.91 Å². The average molecular weight is 562 g/mol. The summed E-state index contributed by atoms with van der Waals surface area (Å²) in [6.07, 6.45) is -0.322. The van der Waals surface area contributed by atoms with E-state index in [1.165, 1.54) is 11.3 Å². The van der Waals surface area contributed by atoms with E-state index in [2.05, 4.69) is 4.98 Å². The van der Waals surface area contributed by atoms with Crippen LogP contribution < -0.4 is 4.90 Å².